The predicted octanol–water partition coefficient (Wildman–Crippen LogP) is 2.45. The van der Waals surface area contributed by atoms with Crippen LogP contribution >= 0.6 is 0 Å². The summed E-state index contributed by atoms with van der Waals surface area (Å²) in [6.07, 6.45) is 0.923. The number of fused-ring (bicyclic) bond motifs is 2. The van der Waals surface area contributed by atoms with Gasteiger partial charge in [0.1, 0.15) is 0 Å². The summed E-state index contributed by atoms with van der Waals surface area (Å²) in [5, 5.41) is 14.5. The second-order valence-electron chi connectivity index (χ2n) is 7.63. The molecule has 0 spiro atoms. The molecule has 2 bridgehead atoms. The van der Waals surface area contributed by atoms with Gasteiger partial charge in [0.05, 0.1) is 11.0 Å². The molecule has 2 aliphatic rings. The number of aliphatic hydroxyl groups excluding tert-OH is 1. The van der Waals surface area contributed by atoms with Crippen LogP contribution in [0.4, 0.5) is 0 Å². The lowest BCUT2D eigenvalue weighted by atomic mass is 9.70. The quantitative estimate of drug-likeness (QED) is 0.832. The lowest BCUT2D eigenvalue weighted by molar-refractivity contribution is 0.0177. The molecule has 0 radical (unpaired) electrons. The number of benzene rings is 1. The van der Waals surface area contributed by atoms with E-state index in [-0.39, 0.29) is 27.7 Å². The molecule has 1 aromatic rings. The van der Waals surface area contributed by atoms with Crippen LogP contribution in [0.1, 0.15) is 39.2 Å². The number of aryl methyl sites for hydroxylation is 1. The minimum Gasteiger partial charge on any atom is -0.393 e. The molecule has 3 unspecified atom stereocenters. The predicted molar refractivity (Wildman–Crippen MR) is 89.6 cm³/mol. The number of aliphatic hydroxyl groups is 1. The fraction of sp³-hybridized carbons (Fsp3) is 0.588. The fourth-order valence-electron chi connectivity index (χ4n) is 4.01. The van der Waals surface area contributed by atoms with Gasteiger partial charge < -0.3 is 5.11 Å². The third kappa shape index (κ3) is 2.39. The molecule has 5 nitrogen and oxygen atoms in total. The van der Waals surface area contributed by atoms with Crippen molar-refractivity contribution in [2.45, 2.75) is 51.5 Å². The van der Waals surface area contributed by atoms with E-state index in [4.69, 9.17) is 0 Å². The summed E-state index contributed by atoms with van der Waals surface area (Å²) < 4.78 is 24.7. The van der Waals surface area contributed by atoms with Gasteiger partial charge in [-0.1, -0.05) is 38.5 Å². The van der Waals surface area contributed by atoms with Gasteiger partial charge in [-0.15, -0.1) is 0 Å². The Hall–Kier alpha value is -1.40. The van der Waals surface area contributed by atoms with Crippen LogP contribution in [0.3, 0.4) is 0 Å². The van der Waals surface area contributed by atoms with Crippen molar-refractivity contribution in [1.82, 2.24) is 4.83 Å². The molecule has 3 atom stereocenters. The van der Waals surface area contributed by atoms with Gasteiger partial charge in [0.15, 0.2) is 0 Å². The molecule has 2 N–H and O–H groups in total. The van der Waals surface area contributed by atoms with Gasteiger partial charge in [0.2, 0.25) is 0 Å². The average Bonchev–Trinajstić information content (AvgIpc) is 2.76. The van der Waals surface area contributed by atoms with Gasteiger partial charge in [0, 0.05) is 17.0 Å². The number of hydrogen-bond donors (Lipinski definition) is 2. The highest BCUT2D eigenvalue weighted by atomic mass is 32.2. The Morgan fingerprint density at radius 3 is 2.30 bits per heavy atom. The van der Waals surface area contributed by atoms with E-state index in [0.717, 1.165) is 11.3 Å². The summed E-state index contributed by atoms with van der Waals surface area (Å²) in [6.45, 7) is 8.23. The third-order valence-electron chi connectivity index (χ3n) is 6.13. The van der Waals surface area contributed by atoms with Gasteiger partial charge in [-0.2, -0.15) is 13.5 Å². The molecule has 126 valence electrons. The van der Waals surface area contributed by atoms with Crippen LogP contribution in [-0.4, -0.2) is 25.3 Å². The molecule has 0 amide bonds. The highest BCUT2D eigenvalue weighted by Crippen LogP contribution is 2.64. The Balaban J connectivity index is 1.84. The maximum atomic E-state index is 12.3. The van der Waals surface area contributed by atoms with Gasteiger partial charge in [-0.25, -0.2) is 4.83 Å². The second kappa shape index (κ2) is 5.05. The molecular formula is C17H24N2O3S. The van der Waals surface area contributed by atoms with E-state index in [1.165, 1.54) is 0 Å². The van der Waals surface area contributed by atoms with E-state index >= 15 is 0 Å². The summed E-state index contributed by atoms with van der Waals surface area (Å²) >= 11 is 0. The number of hydrazone groups is 1. The first kappa shape index (κ1) is 16.5. The Morgan fingerprint density at radius 1 is 1.22 bits per heavy atom. The lowest BCUT2D eigenvalue weighted by Gasteiger charge is -2.36. The standard InChI is InChI=1S/C17H24N2O3S/c1-11-5-7-12(8-6-11)23(21,22)19-18-14-10-17(4)15(20)9-13(14)16(17,2)3/h5-8,13,15,19-20H,9-10H2,1-4H3/b18-14+. The first-order chi connectivity index (χ1) is 10.6. The molecule has 1 aromatic carbocycles. The lowest BCUT2D eigenvalue weighted by Crippen LogP contribution is -2.35. The summed E-state index contributed by atoms with van der Waals surface area (Å²) in [6, 6.07) is 6.68. The van der Waals surface area contributed by atoms with E-state index in [9.17, 15) is 13.5 Å². The van der Waals surface area contributed by atoms with Crippen molar-refractivity contribution < 1.29 is 13.5 Å². The van der Waals surface area contributed by atoms with Gasteiger partial charge in [-0.3, -0.25) is 0 Å². The second-order valence-corrected chi connectivity index (χ2v) is 9.29. The first-order valence-electron chi connectivity index (χ1n) is 7.91. The molecule has 3 rings (SSSR count). The average molecular weight is 336 g/mol. The first-order valence-corrected chi connectivity index (χ1v) is 9.39. The minimum absolute atomic E-state index is 0.0828. The molecular weight excluding hydrogens is 312 g/mol. The van der Waals surface area contributed by atoms with E-state index in [0.29, 0.717) is 12.8 Å². The maximum Gasteiger partial charge on any atom is 0.276 e. The number of hydrogen-bond acceptors (Lipinski definition) is 4. The van der Waals surface area contributed by atoms with Crippen molar-refractivity contribution in [2.75, 3.05) is 0 Å². The zero-order valence-electron chi connectivity index (χ0n) is 14.0. The largest absolute Gasteiger partial charge is 0.393 e. The van der Waals surface area contributed by atoms with E-state index in [1.54, 1.807) is 24.3 Å². The van der Waals surface area contributed by atoms with Crippen LogP contribution in [0.5, 0.6) is 0 Å². The number of nitrogens with zero attached hydrogens (tertiary/aromatic N) is 1. The van der Waals surface area contributed by atoms with Crippen molar-refractivity contribution in [3.8, 4) is 0 Å². The van der Waals surface area contributed by atoms with Crippen LogP contribution in [0, 0.1) is 23.7 Å². The summed E-state index contributed by atoms with van der Waals surface area (Å²) in [4.78, 5) is 2.58. The molecule has 0 saturated heterocycles. The Kier molecular flexibility index (Phi) is 3.61. The summed E-state index contributed by atoms with van der Waals surface area (Å²) in [7, 11) is -3.65. The molecule has 0 aromatic heterocycles. The van der Waals surface area contributed by atoms with E-state index in [1.807, 2.05) is 6.92 Å². The van der Waals surface area contributed by atoms with Crippen LogP contribution in [0.15, 0.2) is 34.3 Å². The zero-order chi connectivity index (χ0) is 17.0. The normalized spacial score (nSPS) is 34.0. The van der Waals surface area contributed by atoms with Crippen molar-refractivity contribution in [3.63, 3.8) is 0 Å². The van der Waals surface area contributed by atoms with Crippen molar-refractivity contribution in [3.05, 3.63) is 29.8 Å². The smallest absolute Gasteiger partial charge is 0.276 e. The third-order valence-corrected chi connectivity index (χ3v) is 7.35. The maximum absolute atomic E-state index is 12.3. The van der Waals surface area contributed by atoms with Crippen molar-refractivity contribution >= 4 is 15.7 Å². The SMILES string of the molecule is Cc1ccc(S(=O)(=O)N/N=C2\CC3(C)C(O)CC2C3(C)C)cc1. The number of nitrogens with one attached hydrogen (secondary N) is 1. The van der Waals surface area contributed by atoms with Crippen LogP contribution in [-0.2, 0) is 10.0 Å². The van der Waals surface area contributed by atoms with Gasteiger partial charge >= 0.3 is 0 Å². The van der Waals surface area contributed by atoms with Crippen LogP contribution < -0.4 is 4.83 Å². The highest BCUT2D eigenvalue weighted by molar-refractivity contribution is 7.89. The molecule has 23 heavy (non-hydrogen) atoms. The molecule has 2 aliphatic carbocycles. The summed E-state index contributed by atoms with van der Waals surface area (Å²) in [5.41, 5.74) is 1.53. The molecule has 6 heteroatoms. The van der Waals surface area contributed by atoms with Crippen LogP contribution in [0.25, 0.3) is 0 Å². The van der Waals surface area contributed by atoms with Gasteiger partial charge in [0.25, 0.3) is 10.0 Å². The van der Waals surface area contributed by atoms with Gasteiger partial charge in [-0.05, 0) is 37.3 Å². The van der Waals surface area contributed by atoms with E-state index in [2.05, 4.69) is 30.7 Å². The molecule has 0 aliphatic heterocycles. The molecule has 2 saturated carbocycles. The van der Waals surface area contributed by atoms with Crippen LogP contribution in [0.2, 0.25) is 0 Å². The molecule has 0 heterocycles. The van der Waals surface area contributed by atoms with E-state index < -0.39 is 10.0 Å². The van der Waals surface area contributed by atoms with Crippen molar-refractivity contribution in [1.29, 1.82) is 0 Å². The Morgan fingerprint density at radius 2 is 1.83 bits per heavy atom. The highest BCUT2D eigenvalue weighted by Gasteiger charge is 2.64. The number of sulfonamides is 1. The Bertz CT molecular complexity index is 753. The number of rotatable bonds is 3. The molecule has 2 fully saturated rings. The monoisotopic (exact) mass is 336 g/mol. The van der Waals surface area contributed by atoms with Crippen molar-refractivity contribution in [2.24, 2.45) is 21.8 Å². The Labute approximate surface area is 137 Å². The summed E-state index contributed by atoms with van der Waals surface area (Å²) in [5.74, 6) is 0.114. The zero-order valence-corrected chi connectivity index (χ0v) is 14.8. The fourth-order valence-corrected chi connectivity index (χ4v) is 4.85. The minimum atomic E-state index is -3.65. The topological polar surface area (TPSA) is 78.8 Å².